The van der Waals surface area contributed by atoms with Crippen LogP contribution in [0.2, 0.25) is 0 Å². The molecule has 29 heavy (non-hydrogen) atoms. The van der Waals surface area contributed by atoms with Crippen LogP contribution in [-0.4, -0.2) is 27.6 Å². The van der Waals surface area contributed by atoms with E-state index in [2.05, 4.69) is 29.6 Å². The van der Waals surface area contributed by atoms with Gasteiger partial charge in [-0.3, -0.25) is 14.3 Å². The smallest absolute Gasteiger partial charge is 0.248 e. The van der Waals surface area contributed by atoms with Crippen molar-refractivity contribution in [2.45, 2.75) is 52.0 Å². The molecular formula is C23H32N4O2. The Hall–Kier alpha value is -2.63. The normalized spacial score (nSPS) is 20.3. The molecule has 0 spiro atoms. The Balaban J connectivity index is 1.65. The third kappa shape index (κ3) is 5.92. The van der Waals surface area contributed by atoms with Crippen molar-refractivity contribution in [3.05, 3.63) is 48.2 Å². The van der Waals surface area contributed by atoms with Gasteiger partial charge < -0.3 is 10.6 Å². The molecule has 156 valence electrons. The molecule has 1 aliphatic rings. The fourth-order valence-corrected chi connectivity index (χ4v) is 4.09. The summed E-state index contributed by atoms with van der Waals surface area (Å²) in [4.78, 5) is 25.8. The summed E-state index contributed by atoms with van der Waals surface area (Å²) in [5, 5.41) is 10.1. The van der Waals surface area contributed by atoms with Crippen LogP contribution in [0.3, 0.4) is 0 Å². The van der Waals surface area contributed by atoms with Crippen molar-refractivity contribution in [3.8, 4) is 0 Å². The molecule has 0 aliphatic heterocycles. The van der Waals surface area contributed by atoms with Gasteiger partial charge in [-0.05, 0) is 43.1 Å². The number of carbonyl (C=O) groups excluding carboxylic acids is 2. The Bertz CT molecular complexity index is 807. The largest absolute Gasteiger partial charge is 0.344 e. The van der Waals surface area contributed by atoms with Crippen molar-refractivity contribution in [1.29, 1.82) is 0 Å². The van der Waals surface area contributed by atoms with Crippen molar-refractivity contribution < 1.29 is 9.59 Å². The van der Waals surface area contributed by atoms with Crippen LogP contribution in [0.4, 0.5) is 5.82 Å². The maximum atomic E-state index is 12.9. The highest BCUT2D eigenvalue weighted by molar-refractivity contribution is 5.97. The lowest BCUT2D eigenvalue weighted by molar-refractivity contribution is -0.130. The van der Waals surface area contributed by atoms with Crippen LogP contribution in [0.5, 0.6) is 0 Å². The zero-order valence-electron chi connectivity index (χ0n) is 17.6. The zero-order valence-corrected chi connectivity index (χ0v) is 17.6. The average molecular weight is 397 g/mol. The summed E-state index contributed by atoms with van der Waals surface area (Å²) in [5.74, 6) is 1.59. The third-order valence-corrected chi connectivity index (χ3v) is 5.97. The lowest BCUT2D eigenvalue weighted by atomic mass is 9.76. The first-order valence-electron chi connectivity index (χ1n) is 10.6. The highest BCUT2D eigenvalue weighted by Crippen LogP contribution is 2.33. The molecule has 6 nitrogen and oxygen atoms in total. The molecule has 0 radical (unpaired) electrons. The number of rotatable bonds is 7. The highest BCUT2D eigenvalue weighted by Gasteiger charge is 2.30. The first-order chi connectivity index (χ1) is 13.9. The molecule has 6 heteroatoms. The minimum Gasteiger partial charge on any atom is -0.344 e. The SMILES string of the molecule is CC(C)C1CCC(C(=O)N[C@@H](Cc2ccccc2)C(=O)Nc2ccn(C)n2)CC1. The number of hydrogen-bond acceptors (Lipinski definition) is 3. The summed E-state index contributed by atoms with van der Waals surface area (Å²) >= 11 is 0. The van der Waals surface area contributed by atoms with Crippen LogP contribution in [0.15, 0.2) is 42.6 Å². The van der Waals surface area contributed by atoms with Crippen molar-refractivity contribution >= 4 is 17.6 Å². The van der Waals surface area contributed by atoms with Crippen LogP contribution < -0.4 is 10.6 Å². The third-order valence-electron chi connectivity index (χ3n) is 5.97. The molecule has 1 heterocycles. The quantitative estimate of drug-likeness (QED) is 0.751. The van der Waals surface area contributed by atoms with E-state index in [9.17, 15) is 9.59 Å². The molecule has 1 aromatic heterocycles. The van der Waals surface area contributed by atoms with Crippen LogP contribution in [0.1, 0.15) is 45.1 Å². The Morgan fingerprint density at radius 1 is 1.10 bits per heavy atom. The molecule has 1 aromatic carbocycles. The van der Waals surface area contributed by atoms with E-state index in [1.54, 1.807) is 24.0 Å². The minimum atomic E-state index is -0.630. The number of nitrogens with zero attached hydrogens (tertiary/aromatic N) is 2. The van der Waals surface area contributed by atoms with Gasteiger partial charge in [0.2, 0.25) is 11.8 Å². The first-order valence-corrected chi connectivity index (χ1v) is 10.6. The van der Waals surface area contributed by atoms with Crippen LogP contribution in [0.25, 0.3) is 0 Å². The summed E-state index contributed by atoms with van der Waals surface area (Å²) < 4.78 is 1.63. The van der Waals surface area contributed by atoms with Gasteiger partial charge in [-0.1, -0.05) is 44.2 Å². The average Bonchev–Trinajstić information content (AvgIpc) is 3.12. The van der Waals surface area contributed by atoms with Gasteiger partial charge in [0.05, 0.1) is 0 Å². The molecule has 0 unspecified atom stereocenters. The van der Waals surface area contributed by atoms with Gasteiger partial charge in [-0.25, -0.2) is 0 Å². The van der Waals surface area contributed by atoms with Crippen LogP contribution in [-0.2, 0) is 23.1 Å². The van der Waals surface area contributed by atoms with Gasteiger partial charge in [-0.15, -0.1) is 0 Å². The van der Waals surface area contributed by atoms with Crippen molar-refractivity contribution in [1.82, 2.24) is 15.1 Å². The number of carbonyl (C=O) groups is 2. The molecule has 2 N–H and O–H groups in total. The lowest BCUT2D eigenvalue weighted by Crippen LogP contribution is -2.48. The van der Waals surface area contributed by atoms with Crippen LogP contribution in [0, 0.1) is 17.8 Å². The number of aromatic nitrogens is 2. The number of nitrogens with one attached hydrogen (secondary N) is 2. The van der Waals surface area contributed by atoms with E-state index in [1.807, 2.05) is 30.3 Å². The maximum absolute atomic E-state index is 12.9. The summed E-state index contributed by atoms with van der Waals surface area (Å²) in [6, 6.07) is 10.9. The van der Waals surface area contributed by atoms with Crippen LogP contribution >= 0.6 is 0 Å². The second kappa shape index (κ2) is 9.72. The van der Waals surface area contributed by atoms with Crippen molar-refractivity contribution in [2.24, 2.45) is 24.8 Å². The van der Waals surface area contributed by atoms with E-state index in [-0.39, 0.29) is 17.7 Å². The van der Waals surface area contributed by atoms with E-state index in [0.29, 0.717) is 24.1 Å². The second-order valence-corrected chi connectivity index (χ2v) is 8.47. The Labute approximate surface area is 173 Å². The summed E-state index contributed by atoms with van der Waals surface area (Å²) in [5.41, 5.74) is 1.01. The van der Waals surface area contributed by atoms with E-state index in [1.165, 1.54) is 0 Å². The summed E-state index contributed by atoms with van der Waals surface area (Å²) in [6.07, 6.45) is 6.18. The Kier molecular flexibility index (Phi) is 7.07. The fourth-order valence-electron chi connectivity index (χ4n) is 4.09. The molecule has 2 amide bonds. The molecule has 2 aromatic rings. The second-order valence-electron chi connectivity index (χ2n) is 8.47. The lowest BCUT2D eigenvalue weighted by Gasteiger charge is -2.31. The van der Waals surface area contributed by atoms with Gasteiger partial charge >= 0.3 is 0 Å². The fraction of sp³-hybridized carbons (Fsp3) is 0.522. The van der Waals surface area contributed by atoms with Crippen molar-refractivity contribution in [3.63, 3.8) is 0 Å². The minimum absolute atomic E-state index is 0.00840. The molecule has 1 fully saturated rings. The van der Waals surface area contributed by atoms with E-state index >= 15 is 0 Å². The number of aryl methyl sites for hydroxylation is 1. The highest BCUT2D eigenvalue weighted by atomic mass is 16.2. The monoisotopic (exact) mass is 396 g/mol. The van der Waals surface area contributed by atoms with E-state index in [0.717, 1.165) is 31.2 Å². The standard InChI is InChI=1S/C23H32N4O2/c1-16(2)18-9-11-19(12-10-18)22(28)24-20(15-17-7-5-4-6-8-17)23(29)25-21-13-14-27(3)26-21/h4-8,13-14,16,18-20H,9-12,15H2,1-3H3,(H,24,28)(H,25,26,29)/t18?,19?,20-/m0/s1. The Morgan fingerprint density at radius 3 is 2.38 bits per heavy atom. The van der Waals surface area contributed by atoms with Gasteiger partial charge in [-0.2, -0.15) is 5.10 Å². The zero-order chi connectivity index (χ0) is 20.8. The van der Waals surface area contributed by atoms with Gasteiger partial charge in [0, 0.05) is 31.6 Å². The van der Waals surface area contributed by atoms with E-state index < -0.39 is 6.04 Å². The molecule has 1 saturated carbocycles. The molecule has 3 rings (SSSR count). The predicted octanol–water partition coefficient (Wildman–Crippen LogP) is 3.55. The molecule has 1 atom stereocenters. The maximum Gasteiger partial charge on any atom is 0.248 e. The predicted molar refractivity (Wildman–Crippen MR) is 114 cm³/mol. The molecule has 0 bridgehead atoms. The van der Waals surface area contributed by atoms with Crippen molar-refractivity contribution in [2.75, 3.05) is 5.32 Å². The Morgan fingerprint density at radius 2 is 1.79 bits per heavy atom. The number of hydrogen-bond donors (Lipinski definition) is 2. The van der Waals surface area contributed by atoms with Gasteiger partial charge in [0.1, 0.15) is 6.04 Å². The summed E-state index contributed by atoms with van der Waals surface area (Å²) in [7, 11) is 1.80. The topological polar surface area (TPSA) is 76.0 Å². The van der Waals surface area contributed by atoms with Gasteiger partial charge in [0.15, 0.2) is 5.82 Å². The summed E-state index contributed by atoms with van der Waals surface area (Å²) in [6.45, 7) is 4.51. The van der Waals surface area contributed by atoms with Gasteiger partial charge in [0.25, 0.3) is 0 Å². The molecule has 1 aliphatic carbocycles. The molecular weight excluding hydrogens is 364 g/mol. The first kappa shape index (κ1) is 21.1. The molecule has 0 saturated heterocycles. The number of amides is 2. The van der Waals surface area contributed by atoms with E-state index in [4.69, 9.17) is 0 Å². The number of benzene rings is 1. The number of anilines is 1.